The monoisotopic (exact) mass is 180 g/mol. The van der Waals surface area contributed by atoms with Crippen molar-refractivity contribution in [3.63, 3.8) is 0 Å². The molecule has 5 N–H and O–H groups in total. The van der Waals surface area contributed by atoms with Gasteiger partial charge in [-0.3, -0.25) is 0 Å². The number of hydrogen-bond donors (Lipinski definition) is 3. The maximum Gasteiger partial charge on any atom is 0.0685 e. The second-order valence-corrected chi connectivity index (χ2v) is 3.80. The highest BCUT2D eigenvalue weighted by Gasteiger charge is 2.17. The second-order valence-electron chi connectivity index (χ2n) is 3.80. The van der Waals surface area contributed by atoms with Crippen LogP contribution in [-0.4, -0.2) is 5.11 Å². The van der Waals surface area contributed by atoms with E-state index in [0.717, 1.165) is 11.1 Å². The largest absolute Gasteiger partial charge is 0.399 e. The van der Waals surface area contributed by atoms with Crippen LogP contribution in [0.3, 0.4) is 0 Å². The molecule has 0 bridgehead atoms. The van der Waals surface area contributed by atoms with Crippen molar-refractivity contribution >= 4 is 5.69 Å². The molecule has 1 aromatic carbocycles. The Bertz CT molecular complexity index is 302. The average molecular weight is 180 g/mol. The van der Waals surface area contributed by atoms with Crippen molar-refractivity contribution in [1.82, 2.24) is 0 Å². The predicted molar refractivity (Wildman–Crippen MR) is 54.0 cm³/mol. The minimum Gasteiger partial charge on any atom is -0.399 e. The number of hydrogen-bond acceptors (Lipinski definition) is 3. The van der Waals surface area contributed by atoms with Crippen LogP contribution >= 0.6 is 0 Å². The third-order valence-electron chi connectivity index (χ3n) is 1.99. The molecule has 1 aromatic rings. The molecule has 0 heterocycles. The summed E-state index contributed by atoms with van der Waals surface area (Å²) in [5.41, 5.74) is 13.5. The normalized spacial score (nSPS) is 11.7. The summed E-state index contributed by atoms with van der Waals surface area (Å²) in [6.45, 7) is 3.77. The fraction of sp³-hybridized carbons (Fsp3) is 0.400. The van der Waals surface area contributed by atoms with Crippen molar-refractivity contribution in [2.45, 2.75) is 26.0 Å². The van der Waals surface area contributed by atoms with Crippen molar-refractivity contribution in [3.8, 4) is 0 Å². The Morgan fingerprint density at radius 1 is 1.38 bits per heavy atom. The van der Waals surface area contributed by atoms with Crippen LogP contribution in [0.1, 0.15) is 25.0 Å². The first-order chi connectivity index (χ1) is 5.95. The van der Waals surface area contributed by atoms with E-state index >= 15 is 0 Å². The van der Waals surface area contributed by atoms with Crippen molar-refractivity contribution in [2.24, 2.45) is 5.73 Å². The third-order valence-corrected chi connectivity index (χ3v) is 1.99. The summed E-state index contributed by atoms with van der Waals surface area (Å²) in [4.78, 5) is 0. The highest BCUT2D eigenvalue weighted by Crippen LogP contribution is 2.23. The summed E-state index contributed by atoms with van der Waals surface area (Å²) < 4.78 is 0. The summed E-state index contributed by atoms with van der Waals surface area (Å²) in [5, 5.41) is 9.10. The van der Waals surface area contributed by atoms with E-state index in [0.29, 0.717) is 5.69 Å². The fourth-order valence-electron chi connectivity index (χ4n) is 1.37. The Morgan fingerprint density at radius 2 is 2.00 bits per heavy atom. The van der Waals surface area contributed by atoms with E-state index in [1.165, 1.54) is 0 Å². The number of aliphatic hydroxyl groups is 1. The van der Waals surface area contributed by atoms with E-state index < -0.39 is 5.54 Å². The van der Waals surface area contributed by atoms with Gasteiger partial charge in [0, 0.05) is 11.2 Å². The molecule has 0 aromatic heterocycles. The molecule has 0 amide bonds. The van der Waals surface area contributed by atoms with Crippen LogP contribution in [0.15, 0.2) is 18.2 Å². The standard InChI is InChI=1S/C10H16N2O/c1-10(2,12)9-4-3-8(11)5-7(9)6-13/h3-5,13H,6,11-12H2,1-2H3. The van der Waals surface area contributed by atoms with Gasteiger partial charge in [0.25, 0.3) is 0 Å². The van der Waals surface area contributed by atoms with Crippen molar-refractivity contribution in [3.05, 3.63) is 29.3 Å². The summed E-state index contributed by atoms with van der Waals surface area (Å²) in [7, 11) is 0. The van der Waals surface area contributed by atoms with E-state index in [4.69, 9.17) is 16.6 Å². The summed E-state index contributed by atoms with van der Waals surface area (Å²) in [6, 6.07) is 5.41. The van der Waals surface area contributed by atoms with E-state index in [2.05, 4.69) is 0 Å². The molecule has 0 saturated heterocycles. The van der Waals surface area contributed by atoms with Crippen LogP contribution in [-0.2, 0) is 12.1 Å². The molecule has 0 radical (unpaired) electrons. The smallest absolute Gasteiger partial charge is 0.0685 e. The lowest BCUT2D eigenvalue weighted by Gasteiger charge is -2.22. The second kappa shape index (κ2) is 3.36. The number of nitrogen functional groups attached to an aromatic ring is 1. The minimum absolute atomic E-state index is 0.0268. The molecular weight excluding hydrogens is 164 g/mol. The maximum absolute atomic E-state index is 9.10. The minimum atomic E-state index is -0.439. The van der Waals surface area contributed by atoms with Crippen LogP contribution in [0, 0.1) is 0 Å². The van der Waals surface area contributed by atoms with Crippen LogP contribution in [0.5, 0.6) is 0 Å². The van der Waals surface area contributed by atoms with Crippen molar-refractivity contribution in [2.75, 3.05) is 5.73 Å². The Hall–Kier alpha value is -1.06. The molecule has 72 valence electrons. The Kier molecular flexibility index (Phi) is 2.59. The van der Waals surface area contributed by atoms with E-state index in [1.54, 1.807) is 12.1 Å². The molecule has 0 unspecified atom stereocenters. The van der Waals surface area contributed by atoms with Crippen LogP contribution < -0.4 is 11.5 Å². The van der Waals surface area contributed by atoms with Gasteiger partial charge in [-0.05, 0) is 37.1 Å². The van der Waals surface area contributed by atoms with Gasteiger partial charge in [0.15, 0.2) is 0 Å². The molecule has 0 atom stereocenters. The third kappa shape index (κ3) is 2.20. The van der Waals surface area contributed by atoms with E-state index in [1.807, 2.05) is 19.9 Å². The van der Waals surface area contributed by atoms with Crippen molar-refractivity contribution < 1.29 is 5.11 Å². The first-order valence-electron chi connectivity index (χ1n) is 4.24. The van der Waals surface area contributed by atoms with Gasteiger partial charge >= 0.3 is 0 Å². The fourth-order valence-corrected chi connectivity index (χ4v) is 1.37. The molecule has 3 heteroatoms. The Labute approximate surface area is 78.4 Å². The molecule has 0 aliphatic carbocycles. The number of anilines is 1. The molecule has 0 fully saturated rings. The lowest BCUT2D eigenvalue weighted by atomic mass is 9.91. The highest BCUT2D eigenvalue weighted by molar-refractivity contribution is 5.46. The Morgan fingerprint density at radius 3 is 2.46 bits per heavy atom. The summed E-state index contributed by atoms with van der Waals surface area (Å²) >= 11 is 0. The number of nitrogens with two attached hydrogens (primary N) is 2. The zero-order valence-corrected chi connectivity index (χ0v) is 8.04. The molecule has 0 aliphatic rings. The lowest BCUT2D eigenvalue weighted by molar-refractivity contribution is 0.278. The molecule has 0 saturated carbocycles. The molecule has 0 aliphatic heterocycles. The lowest BCUT2D eigenvalue weighted by Crippen LogP contribution is -2.30. The predicted octanol–water partition coefficient (Wildman–Crippen LogP) is 0.955. The molecular formula is C10H16N2O. The molecule has 13 heavy (non-hydrogen) atoms. The van der Waals surface area contributed by atoms with Crippen LogP contribution in [0.2, 0.25) is 0 Å². The van der Waals surface area contributed by atoms with Gasteiger partial charge in [0.05, 0.1) is 6.61 Å². The zero-order chi connectivity index (χ0) is 10.1. The maximum atomic E-state index is 9.10. The van der Waals surface area contributed by atoms with Gasteiger partial charge < -0.3 is 16.6 Å². The zero-order valence-electron chi connectivity index (χ0n) is 8.04. The number of aliphatic hydroxyl groups excluding tert-OH is 1. The number of rotatable bonds is 2. The van der Waals surface area contributed by atoms with Crippen LogP contribution in [0.25, 0.3) is 0 Å². The van der Waals surface area contributed by atoms with Gasteiger partial charge in [0.1, 0.15) is 0 Å². The van der Waals surface area contributed by atoms with Gasteiger partial charge in [-0.1, -0.05) is 6.07 Å². The molecule has 1 rings (SSSR count). The summed E-state index contributed by atoms with van der Waals surface area (Å²) in [5.74, 6) is 0. The SMILES string of the molecule is CC(C)(N)c1ccc(N)cc1CO. The quantitative estimate of drug-likeness (QED) is 0.593. The topological polar surface area (TPSA) is 72.3 Å². The van der Waals surface area contributed by atoms with Gasteiger partial charge in [-0.15, -0.1) is 0 Å². The first-order valence-corrected chi connectivity index (χ1v) is 4.24. The van der Waals surface area contributed by atoms with Crippen LogP contribution in [0.4, 0.5) is 5.69 Å². The van der Waals surface area contributed by atoms with E-state index in [-0.39, 0.29) is 6.61 Å². The van der Waals surface area contributed by atoms with Crippen molar-refractivity contribution in [1.29, 1.82) is 0 Å². The Balaban J connectivity index is 3.22. The van der Waals surface area contributed by atoms with Gasteiger partial charge in [-0.25, -0.2) is 0 Å². The molecule has 0 spiro atoms. The van der Waals surface area contributed by atoms with Gasteiger partial charge in [0.2, 0.25) is 0 Å². The van der Waals surface area contributed by atoms with E-state index in [9.17, 15) is 0 Å². The average Bonchev–Trinajstić information content (AvgIpc) is 2.01. The summed E-state index contributed by atoms with van der Waals surface area (Å²) in [6.07, 6.45) is 0. The molecule has 3 nitrogen and oxygen atoms in total. The van der Waals surface area contributed by atoms with Gasteiger partial charge in [-0.2, -0.15) is 0 Å². The first kappa shape index (κ1) is 10.0. The number of benzene rings is 1. The highest BCUT2D eigenvalue weighted by atomic mass is 16.3.